The van der Waals surface area contributed by atoms with Crippen LogP contribution in [0.4, 0.5) is 11.4 Å². The summed E-state index contributed by atoms with van der Waals surface area (Å²) in [5.41, 5.74) is 2.06. The Bertz CT molecular complexity index is 694. The van der Waals surface area contributed by atoms with Crippen LogP contribution >= 0.6 is 24.6 Å². The van der Waals surface area contributed by atoms with E-state index in [9.17, 15) is 9.59 Å². The number of anilines is 2. The maximum Gasteiger partial charge on any atom is 0.337 e. The zero-order valence-electron chi connectivity index (χ0n) is 16.6. The minimum atomic E-state index is -0.416. The number of carbonyl (C=O) groups is 2. The van der Waals surface area contributed by atoms with E-state index >= 15 is 0 Å². The molecule has 2 rings (SSSR count). The molecule has 7 nitrogen and oxygen atoms in total. The van der Waals surface area contributed by atoms with Crippen LogP contribution in [-0.4, -0.2) is 62.2 Å². The summed E-state index contributed by atoms with van der Waals surface area (Å²) >= 11 is 5.29. The molecule has 0 bridgehead atoms. The fourth-order valence-electron chi connectivity index (χ4n) is 2.88. The number of rotatable bonds is 6. The summed E-state index contributed by atoms with van der Waals surface area (Å²) in [6.07, 6.45) is 2.20. The van der Waals surface area contributed by atoms with Crippen molar-refractivity contribution in [1.29, 1.82) is 0 Å². The van der Waals surface area contributed by atoms with E-state index in [0.717, 1.165) is 44.7 Å². The summed E-state index contributed by atoms with van der Waals surface area (Å²) in [4.78, 5) is 28.3. The molecule has 1 amide bonds. The molecule has 28 heavy (non-hydrogen) atoms. The predicted molar refractivity (Wildman–Crippen MR) is 119 cm³/mol. The summed E-state index contributed by atoms with van der Waals surface area (Å²) in [5.74, 6) is -0.527. The average Bonchev–Trinajstić information content (AvgIpc) is 2.66. The van der Waals surface area contributed by atoms with Gasteiger partial charge in [-0.1, -0.05) is 13.3 Å². The molecule has 1 aliphatic heterocycles. The van der Waals surface area contributed by atoms with Crippen LogP contribution in [-0.2, 0) is 9.53 Å². The van der Waals surface area contributed by atoms with Crippen molar-refractivity contribution in [3.05, 3.63) is 23.8 Å². The van der Waals surface area contributed by atoms with Gasteiger partial charge in [0.15, 0.2) is 5.11 Å². The SMILES string of the molecule is CCCCC(=O)NC(=S)Nc1cc(C(=O)OC)ccc1N1CCN(C)CC1.Cl. The number of ether oxygens (including phenoxy) is 1. The number of benzene rings is 1. The van der Waals surface area contributed by atoms with E-state index < -0.39 is 5.97 Å². The van der Waals surface area contributed by atoms with Gasteiger partial charge in [-0.3, -0.25) is 4.79 Å². The maximum absolute atomic E-state index is 11.9. The Morgan fingerprint density at radius 1 is 1.21 bits per heavy atom. The third-order valence-corrected chi connectivity index (χ3v) is 4.72. The van der Waals surface area contributed by atoms with Crippen molar-refractivity contribution in [1.82, 2.24) is 10.2 Å². The molecular weight excluding hydrogens is 400 g/mol. The third kappa shape index (κ3) is 6.92. The molecule has 0 spiro atoms. The number of hydrogen-bond donors (Lipinski definition) is 2. The van der Waals surface area contributed by atoms with Crippen molar-refractivity contribution in [2.45, 2.75) is 26.2 Å². The number of carbonyl (C=O) groups excluding carboxylic acids is 2. The molecule has 0 atom stereocenters. The van der Waals surface area contributed by atoms with E-state index in [1.807, 2.05) is 13.0 Å². The van der Waals surface area contributed by atoms with Crippen LogP contribution in [0, 0.1) is 0 Å². The van der Waals surface area contributed by atoms with Crippen LogP contribution in [0.2, 0.25) is 0 Å². The largest absolute Gasteiger partial charge is 0.465 e. The lowest BCUT2D eigenvalue weighted by molar-refractivity contribution is -0.119. The van der Waals surface area contributed by atoms with Crippen molar-refractivity contribution < 1.29 is 14.3 Å². The highest BCUT2D eigenvalue weighted by Crippen LogP contribution is 2.28. The number of nitrogens with zero attached hydrogens (tertiary/aromatic N) is 2. The number of amides is 1. The highest BCUT2D eigenvalue weighted by atomic mass is 35.5. The molecule has 0 saturated carbocycles. The van der Waals surface area contributed by atoms with Crippen molar-refractivity contribution in [3.63, 3.8) is 0 Å². The molecule has 9 heteroatoms. The molecule has 0 radical (unpaired) electrons. The molecule has 1 saturated heterocycles. The first-order valence-electron chi connectivity index (χ1n) is 9.21. The Balaban J connectivity index is 0.00000392. The topological polar surface area (TPSA) is 73.9 Å². The lowest BCUT2D eigenvalue weighted by Crippen LogP contribution is -2.45. The molecule has 0 unspecified atom stereocenters. The van der Waals surface area contributed by atoms with Crippen molar-refractivity contribution in [2.24, 2.45) is 0 Å². The number of hydrogen-bond acceptors (Lipinski definition) is 6. The molecule has 1 aromatic rings. The van der Waals surface area contributed by atoms with Gasteiger partial charge >= 0.3 is 5.97 Å². The molecule has 0 aliphatic carbocycles. The monoisotopic (exact) mass is 428 g/mol. The second-order valence-corrected chi connectivity index (χ2v) is 7.03. The van der Waals surface area contributed by atoms with Crippen LogP contribution in [0.5, 0.6) is 0 Å². The van der Waals surface area contributed by atoms with E-state index in [-0.39, 0.29) is 23.4 Å². The Morgan fingerprint density at radius 2 is 1.89 bits per heavy atom. The fourth-order valence-corrected chi connectivity index (χ4v) is 3.11. The van der Waals surface area contributed by atoms with Crippen molar-refractivity contribution in [2.75, 3.05) is 50.6 Å². The minimum absolute atomic E-state index is 0. The van der Waals surface area contributed by atoms with E-state index in [1.165, 1.54) is 7.11 Å². The number of esters is 1. The Hall–Kier alpha value is -1.90. The Labute approximate surface area is 178 Å². The van der Waals surface area contributed by atoms with Gasteiger partial charge in [0.2, 0.25) is 5.91 Å². The van der Waals surface area contributed by atoms with Crippen molar-refractivity contribution >= 4 is 53.0 Å². The predicted octanol–water partition coefficient (Wildman–Crippen LogP) is 2.65. The van der Waals surface area contributed by atoms with Gasteiger partial charge in [-0.05, 0) is 43.9 Å². The van der Waals surface area contributed by atoms with E-state index in [4.69, 9.17) is 17.0 Å². The second-order valence-electron chi connectivity index (χ2n) is 6.62. The zero-order chi connectivity index (χ0) is 19.8. The number of methoxy groups -OCH3 is 1. The fraction of sp³-hybridized carbons (Fsp3) is 0.526. The highest BCUT2D eigenvalue weighted by molar-refractivity contribution is 7.80. The molecule has 156 valence electrons. The number of likely N-dealkylation sites (N-methyl/N-ethyl adjacent to an activating group) is 1. The first-order chi connectivity index (χ1) is 12.9. The number of nitrogens with one attached hydrogen (secondary N) is 2. The van der Waals surface area contributed by atoms with Crippen molar-refractivity contribution in [3.8, 4) is 0 Å². The highest BCUT2D eigenvalue weighted by Gasteiger charge is 2.19. The molecule has 2 N–H and O–H groups in total. The van der Waals surface area contributed by atoms with E-state index in [0.29, 0.717) is 17.7 Å². The molecule has 1 fully saturated rings. The average molecular weight is 429 g/mol. The smallest absolute Gasteiger partial charge is 0.337 e. The van der Waals surface area contributed by atoms with Crippen LogP contribution in [0.3, 0.4) is 0 Å². The maximum atomic E-state index is 11.9. The van der Waals surface area contributed by atoms with Gasteiger partial charge in [0.1, 0.15) is 0 Å². The van der Waals surface area contributed by atoms with Crippen LogP contribution < -0.4 is 15.5 Å². The third-order valence-electron chi connectivity index (χ3n) is 4.52. The number of unbranched alkanes of at least 4 members (excludes halogenated alkanes) is 1. The van der Waals surface area contributed by atoms with Gasteiger partial charge in [0, 0.05) is 32.6 Å². The molecule has 1 aliphatic rings. The van der Waals surface area contributed by atoms with Gasteiger partial charge in [0.25, 0.3) is 0 Å². The summed E-state index contributed by atoms with van der Waals surface area (Å²) in [5, 5.41) is 6.01. The van der Waals surface area contributed by atoms with E-state index in [2.05, 4.69) is 27.5 Å². The van der Waals surface area contributed by atoms with Crippen LogP contribution in [0.15, 0.2) is 18.2 Å². The quantitative estimate of drug-likeness (QED) is 0.533. The minimum Gasteiger partial charge on any atom is -0.465 e. The summed E-state index contributed by atoms with van der Waals surface area (Å²) in [7, 11) is 3.44. The molecule has 1 heterocycles. The van der Waals surface area contributed by atoms with Gasteiger partial charge in [-0.2, -0.15) is 0 Å². The summed E-state index contributed by atoms with van der Waals surface area (Å²) in [6.45, 7) is 5.69. The van der Waals surface area contributed by atoms with Gasteiger partial charge in [0.05, 0.1) is 24.0 Å². The number of halogens is 1. The van der Waals surface area contributed by atoms with E-state index in [1.54, 1.807) is 12.1 Å². The summed E-state index contributed by atoms with van der Waals surface area (Å²) < 4.78 is 4.81. The summed E-state index contributed by atoms with van der Waals surface area (Å²) in [6, 6.07) is 5.35. The van der Waals surface area contributed by atoms with Gasteiger partial charge < -0.3 is 25.2 Å². The number of piperazine rings is 1. The standard InChI is InChI=1S/C19H28N4O3S.ClH/c1-4-5-6-17(24)21-19(27)20-15-13-14(18(25)26-3)7-8-16(15)23-11-9-22(2)10-12-23;/h7-8,13H,4-6,9-12H2,1-3H3,(H2,20,21,24,27);1H. The first-order valence-corrected chi connectivity index (χ1v) is 9.62. The zero-order valence-corrected chi connectivity index (χ0v) is 18.3. The van der Waals surface area contributed by atoms with Crippen LogP contribution in [0.25, 0.3) is 0 Å². The Morgan fingerprint density at radius 3 is 2.50 bits per heavy atom. The lowest BCUT2D eigenvalue weighted by atomic mass is 10.1. The molecule has 0 aromatic heterocycles. The normalized spacial score (nSPS) is 14.0. The lowest BCUT2D eigenvalue weighted by Gasteiger charge is -2.35. The number of thiocarbonyl (C=S) groups is 1. The Kier molecular flexibility index (Phi) is 10.2. The van der Waals surface area contributed by atoms with Gasteiger partial charge in [-0.25, -0.2) is 4.79 Å². The second kappa shape index (κ2) is 11.8. The van der Waals surface area contributed by atoms with Gasteiger partial charge in [-0.15, -0.1) is 12.4 Å². The molecular formula is C19H29ClN4O3S. The first kappa shape index (κ1) is 24.1. The van der Waals surface area contributed by atoms with Crippen LogP contribution in [0.1, 0.15) is 36.5 Å². The molecule has 1 aromatic carbocycles.